The highest BCUT2D eigenvalue weighted by molar-refractivity contribution is 5.94. The van der Waals surface area contributed by atoms with Gasteiger partial charge in [0.25, 0.3) is 0 Å². The predicted octanol–water partition coefficient (Wildman–Crippen LogP) is 4.39. The number of carbonyl (C=O) groups excluding carboxylic acids is 2. The van der Waals surface area contributed by atoms with E-state index in [1.54, 1.807) is 7.11 Å². The van der Waals surface area contributed by atoms with Crippen LogP contribution in [0.5, 0.6) is 5.75 Å². The second kappa shape index (κ2) is 8.71. The van der Waals surface area contributed by atoms with Crippen molar-refractivity contribution in [1.29, 1.82) is 0 Å². The van der Waals surface area contributed by atoms with Crippen molar-refractivity contribution in [2.75, 3.05) is 17.7 Å². The second-order valence-corrected chi connectivity index (χ2v) is 7.12. The first-order chi connectivity index (χ1) is 13.0. The maximum absolute atomic E-state index is 12.5. The van der Waals surface area contributed by atoms with E-state index in [9.17, 15) is 9.59 Å². The first-order valence-electron chi connectivity index (χ1n) is 9.37. The topological polar surface area (TPSA) is 67.4 Å². The summed E-state index contributed by atoms with van der Waals surface area (Å²) >= 11 is 0. The number of aryl methyl sites for hydroxylation is 1. The van der Waals surface area contributed by atoms with E-state index in [1.807, 2.05) is 55.5 Å². The number of anilines is 2. The molecule has 0 spiro atoms. The van der Waals surface area contributed by atoms with Gasteiger partial charge in [0.15, 0.2) is 0 Å². The molecule has 1 aliphatic carbocycles. The summed E-state index contributed by atoms with van der Waals surface area (Å²) in [7, 11) is 1.61. The van der Waals surface area contributed by atoms with Gasteiger partial charge in [-0.3, -0.25) is 9.59 Å². The first-order valence-corrected chi connectivity index (χ1v) is 9.37. The van der Waals surface area contributed by atoms with E-state index >= 15 is 0 Å². The summed E-state index contributed by atoms with van der Waals surface area (Å²) in [6.07, 6.45) is 2.93. The Hall–Kier alpha value is -2.82. The molecule has 0 aromatic heterocycles. The molecular formula is C22H26N2O3. The van der Waals surface area contributed by atoms with Crippen LogP contribution in [0.3, 0.4) is 0 Å². The van der Waals surface area contributed by atoms with E-state index < -0.39 is 0 Å². The molecule has 3 rings (SSSR count). The number of nitrogens with one attached hydrogen (secondary N) is 2. The van der Waals surface area contributed by atoms with Gasteiger partial charge in [-0.15, -0.1) is 0 Å². The van der Waals surface area contributed by atoms with Crippen LogP contribution in [-0.4, -0.2) is 18.9 Å². The summed E-state index contributed by atoms with van der Waals surface area (Å²) in [5.41, 5.74) is 2.75. The highest BCUT2D eigenvalue weighted by Gasteiger charge is 2.30. The van der Waals surface area contributed by atoms with Crippen LogP contribution in [0.4, 0.5) is 11.4 Å². The number of rotatable bonds is 5. The molecule has 5 heteroatoms. The minimum absolute atomic E-state index is 0.0255. The minimum Gasteiger partial charge on any atom is -0.497 e. The summed E-state index contributed by atoms with van der Waals surface area (Å²) in [6.45, 7) is 2.02. The van der Waals surface area contributed by atoms with Crippen LogP contribution in [0.2, 0.25) is 0 Å². The van der Waals surface area contributed by atoms with Gasteiger partial charge in [0.1, 0.15) is 5.75 Å². The summed E-state index contributed by atoms with van der Waals surface area (Å²) in [5.74, 6) is 0.755. The molecule has 2 aromatic rings. The molecule has 2 N–H and O–H groups in total. The van der Waals surface area contributed by atoms with Gasteiger partial charge < -0.3 is 15.4 Å². The van der Waals surface area contributed by atoms with Gasteiger partial charge in [-0.2, -0.15) is 0 Å². The zero-order valence-corrected chi connectivity index (χ0v) is 15.8. The Balaban J connectivity index is 1.47. The Bertz CT molecular complexity index is 776. The normalized spacial score (nSPS) is 19.2. The van der Waals surface area contributed by atoms with Gasteiger partial charge in [-0.05, 0) is 69.0 Å². The number of carbonyl (C=O) groups is 2. The van der Waals surface area contributed by atoms with E-state index in [2.05, 4.69) is 10.6 Å². The fourth-order valence-corrected chi connectivity index (χ4v) is 3.42. The van der Waals surface area contributed by atoms with Crippen molar-refractivity contribution in [2.24, 2.45) is 11.8 Å². The second-order valence-electron chi connectivity index (χ2n) is 7.12. The molecule has 0 radical (unpaired) electrons. The monoisotopic (exact) mass is 366 g/mol. The number of hydrogen-bond acceptors (Lipinski definition) is 3. The van der Waals surface area contributed by atoms with Crippen LogP contribution in [0, 0.1) is 18.8 Å². The molecule has 5 nitrogen and oxygen atoms in total. The quantitative estimate of drug-likeness (QED) is 0.825. The standard InChI is InChI=1S/C22H26N2O3/c1-15-3-9-18(10-4-15)23-21(25)16-5-7-17(8-6-16)22(26)24-19-11-13-20(27-2)14-12-19/h3-4,9-14,16-17H,5-8H2,1-2H3,(H,23,25)(H,24,26). The van der Waals surface area contributed by atoms with E-state index in [1.165, 1.54) is 0 Å². The van der Waals surface area contributed by atoms with Crippen molar-refractivity contribution < 1.29 is 14.3 Å². The Morgan fingerprint density at radius 3 is 1.59 bits per heavy atom. The summed E-state index contributed by atoms with van der Waals surface area (Å²) in [5, 5.41) is 5.94. The Morgan fingerprint density at radius 2 is 1.19 bits per heavy atom. The summed E-state index contributed by atoms with van der Waals surface area (Å²) < 4.78 is 5.12. The number of hydrogen-bond donors (Lipinski definition) is 2. The third-order valence-corrected chi connectivity index (χ3v) is 5.15. The van der Waals surface area contributed by atoms with Crippen LogP contribution in [-0.2, 0) is 9.59 Å². The fourth-order valence-electron chi connectivity index (χ4n) is 3.42. The van der Waals surface area contributed by atoms with Crippen LogP contribution in [0.25, 0.3) is 0 Å². The zero-order chi connectivity index (χ0) is 19.2. The van der Waals surface area contributed by atoms with Crippen LogP contribution in [0.15, 0.2) is 48.5 Å². The van der Waals surface area contributed by atoms with Gasteiger partial charge >= 0.3 is 0 Å². The van der Waals surface area contributed by atoms with Crippen LogP contribution < -0.4 is 15.4 Å². The third kappa shape index (κ3) is 5.09. The molecule has 2 aromatic carbocycles. The lowest BCUT2D eigenvalue weighted by Gasteiger charge is -2.27. The van der Waals surface area contributed by atoms with Gasteiger partial charge in [0.05, 0.1) is 7.11 Å². The average molecular weight is 366 g/mol. The zero-order valence-electron chi connectivity index (χ0n) is 15.8. The predicted molar refractivity (Wildman–Crippen MR) is 107 cm³/mol. The molecule has 2 amide bonds. The molecule has 1 fully saturated rings. The molecule has 0 aliphatic heterocycles. The molecule has 142 valence electrons. The summed E-state index contributed by atoms with van der Waals surface area (Å²) in [4.78, 5) is 24.9. The van der Waals surface area contributed by atoms with Crippen molar-refractivity contribution in [2.45, 2.75) is 32.6 Å². The first kappa shape index (κ1) is 19.0. The van der Waals surface area contributed by atoms with E-state index in [4.69, 9.17) is 4.74 Å². The smallest absolute Gasteiger partial charge is 0.227 e. The summed E-state index contributed by atoms with van der Waals surface area (Å²) in [6, 6.07) is 15.1. The highest BCUT2D eigenvalue weighted by atomic mass is 16.5. The van der Waals surface area contributed by atoms with Crippen molar-refractivity contribution in [3.63, 3.8) is 0 Å². The van der Waals surface area contributed by atoms with E-state index in [-0.39, 0.29) is 23.7 Å². The van der Waals surface area contributed by atoms with Gasteiger partial charge in [0.2, 0.25) is 11.8 Å². The van der Waals surface area contributed by atoms with Crippen molar-refractivity contribution in [3.8, 4) is 5.75 Å². The van der Waals surface area contributed by atoms with E-state index in [0.717, 1.165) is 48.4 Å². The number of ether oxygens (including phenoxy) is 1. The lowest BCUT2D eigenvalue weighted by molar-refractivity contribution is -0.125. The Labute approximate surface area is 160 Å². The molecule has 1 aliphatic rings. The average Bonchev–Trinajstić information content (AvgIpc) is 2.70. The number of amides is 2. The van der Waals surface area contributed by atoms with Crippen LogP contribution in [0.1, 0.15) is 31.2 Å². The Morgan fingerprint density at radius 1 is 0.778 bits per heavy atom. The van der Waals surface area contributed by atoms with E-state index in [0.29, 0.717) is 0 Å². The van der Waals surface area contributed by atoms with Gasteiger partial charge in [-0.1, -0.05) is 17.7 Å². The lowest BCUT2D eigenvalue weighted by atomic mass is 9.81. The minimum atomic E-state index is -0.0458. The molecule has 0 bridgehead atoms. The van der Waals surface area contributed by atoms with Crippen molar-refractivity contribution >= 4 is 23.2 Å². The molecular weight excluding hydrogens is 340 g/mol. The molecule has 27 heavy (non-hydrogen) atoms. The third-order valence-electron chi connectivity index (χ3n) is 5.15. The van der Waals surface area contributed by atoms with Crippen molar-refractivity contribution in [1.82, 2.24) is 0 Å². The molecule has 0 unspecified atom stereocenters. The largest absolute Gasteiger partial charge is 0.497 e. The SMILES string of the molecule is COc1ccc(NC(=O)C2CCC(C(=O)Nc3ccc(C)cc3)CC2)cc1. The molecule has 0 atom stereocenters. The number of benzene rings is 2. The number of methoxy groups -OCH3 is 1. The highest BCUT2D eigenvalue weighted by Crippen LogP contribution is 2.30. The molecule has 0 saturated heterocycles. The maximum Gasteiger partial charge on any atom is 0.227 e. The van der Waals surface area contributed by atoms with Gasteiger partial charge in [-0.25, -0.2) is 0 Å². The lowest BCUT2D eigenvalue weighted by Crippen LogP contribution is -2.32. The van der Waals surface area contributed by atoms with Crippen LogP contribution >= 0.6 is 0 Å². The molecule has 1 saturated carbocycles. The Kier molecular flexibility index (Phi) is 6.12. The molecule has 0 heterocycles. The fraction of sp³-hybridized carbons (Fsp3) is 0.364. The van der Waals surface area contributed by atoms with Crippen molar-refractivity contribution in [3.05, 3.63) is 54.1 Å². The maximum atomic E-state index is 12.5. The van der Waals surface area contributed by atoms with Gasteiger partial charge in [0, 0.05) is 23.2 Å².